The lowest BCUT2D eigenvalue weighted by Crippen LogP contribution is -2.20. The van der Waals surface area contributed by atoms with E-state index in [-0.39, 0.29) is 0 Å². The van der Waals surface area contributed by atoms with Crippen LogP contribution in [-0.4, -0.2) is 14.9 Å². The molecule has 0 radical (unpaired) electrons. The first kappa shape index (κ1) is 17.5. The van der Waals surface area contributed by atoms with E-state index in [0.29, 0.717) is 22.5 Å². The Morgan fingerprint density at radius 3 is 2.52 bits per heavy atom. The maximum Gasteiger partial charge on any atom is 0.176 e. The summed E-state index contributed by atoms with van der Waals surface area (Å²) in [5, 5.41) is 14.0. The Kier molecular flexibility index (Phi) is 5.05. The molecule has 0 amide bonds. The Labute approximate surface area is 167 Å². The fraction of sp³-hybridized carbons (Fsp3) is 0.0476. The van der Waals surface area contributed by atoms with Crippen LogP contribution in [0.25, 0.3) is 10.8 Å². The highest BCUT2D eigenvalue weighted by molar-refractivity contribution is 7.80. The summed E-state index contributed by atoms with van der Waals surface area (Å²) in [7, 11) is 0. The number of benzene rings is 3. The van der Waals surface area contributed by atoms with Crippen molar-refractivity contribution in [2.75, 3.05) is 10.6 Å². The molecule has 27 heavy (non-hydrogen) atoms. The molecule has 2 N–H and O–H groups in total. The van der Waals surface area contributed by atoms with Gasteiger partial charge in [-0.3, -0.25) is 4.68 Å². The van der Waals surface area contributed by atoms with Crippen LogP contribution in [0.3, 0.4) is 0 Å². The van der Waals surface area contributed by atoms with Gasteiger partial charge in [0.25, 0.3) is 0 Å². The Bertz CT molecular complexity index is 1090. The number of nitrogens with zero attached hydrogens (tertiary/aromatic N) is 2. The van der Waals surface area contributed by atoms with Crippen molar-refractivity contribution in [3.8, 4) is 0 Å². The number of hydrogen-bond donors (Lipinski definition) is 2. The van der Waals surface area contributed by atoms with E-state index in [1.807, 2.05) is 42.5 Å². The zero-order valence-electron chi connectivity index (χ0n) is 14.4. The molecule has 0 bridgehead atoms. The van der Waals surface area contributed by atoms with E-state index in [0.717, 1.165) is 22.0 Å². The van der Waals surface area contributed by atoms with E-state index < -0.39 is 0 Å². The average Bonchev–Trinajstić information content (AvgIpc) is 3.01. The number of fused-ring (bicyclic) bond motifs is 1. The summed E-state index contributed by atoms with van der Waals surface area (Å²) in [5.74, 6) is 0.533. The first-order valence-corrected chi connectivity index (χ1v) is 9.30. The smallest absolute Gasteiger partial charge is 0.176 e. The molecule has 0 spiro atoms. The molecule has 134 valence electrons. The minimum atomic E-state index is 0.443. The lowest BCUT2D eigenvalue weighted by molar-refractivity contribution is 0.690. The summed E-state index contributed by atoms with van der Waals surface area (Å²) in [5.41, 5.74) is 2.09. The molecule has 0 saturated heterocycles. The van der Waals surface area contributed by atoms with Crippen LogP contribution in [0.2, 0.25) is 5.02 Å². The first-order valence-electron chi connectivity index (χ1n) is 8.52. The van der Waals surface area contributed by atoms with Crippen LogP contribution in [0.1, 0.15) is 5.56 Å². The predicted molar refractivity (Wildman–Crippen MR) is 117 cm³/mol. The minimum Gasteiger partial charge on any atom is -0.332 e. The third-order valence-corrected chi connectivity index (χ3v) is 4.65. The maximum absolute atomic E-state index is 6.32. The van der Waals surface area contributed by atoms with Gasteiger partial charge in [-0.15, -0.1) is 0 Å². The molecule has 3 aromatic carbocycles. The van der Waals surface area contributed by atoms with Crippen LogP contribution in [0.15, 0.2) is 79.0 Å². The second-order valence-electron chi connectivity index (χ2n) is 6.11. The molecule has 1 heterocycles. The zero-order chi connectivity index (χ0) is 18.6. The molecule has 4 nitrogen and oxygen atoms in total. The third-order valence-electron chi connectivity index (χ3n) is 4.17. The molecule has 0 atom stereocenters. The molecule has 0 aliphatic heterocycles. The predicted octanol–water partition coefficient (Wildman–Crippen LogP) is 5.55. The summed E-state index contributed by atoms with van der Waals surface area (Å²) < 4.78 is 1.79. The average molecular weight is 393 g/mol. The number of rotatable bonds is 4. The van der Waals surface area contributed by atoms with Crippen LogP contribution in [0.4, 0.5) is 11.5 Å². The molecule has 0 aliphatic carbocycles. The normalized spacial score (nSPS) is 10.7. The number of nitrogens with one attached hydrogen (secondary N) is 2. The standard InChI is InChI=1S/C21H17ClN4S/c22-18-14-26(13-15-7-2-1-3-8-15)25-20(18)24-21(27)23-19-12-6-10-16-9-4-5-11-17(16)19/h1-12,14H,13H2,(H2,23,24,25,27). The molecule has 1 aromatic heterocycles. The van der Waals surface area contributed by atoms with Crippen molar-refractivity contribution in [2.45, 2.75) is 6.54 Å². The van der Waals surface area contributed by atoms with Gasteiger partial charge in [-0.1, -0.05) is 78.3 Å². The van der Waals surface area contributed by atoms with Crippen molar-refractivity contribution >= 4 is 51.2 Å². The van der Waals surface area contributed by atoms with Gasteiger partial charge in [0.2, 0.25) is 0 Å². The number of anilines is 2. The molecule has 0 fully saturated rings. The van der Waals surface area contributed by atoms with Crippen molar-refractivity contribution in [2.24, 2.45) is 0 Å². The second kappa shape index (κ2) is 7.78. The van der Waals surface area contributed by atoms with Gasteiger partial charge >= 0.3 is 0 Å². The van der Waals surface area contributed by atoms with E-state index >= 15 is 0 Å². The molecule has 0 unspecified atom stereocenters. The van der Waals surface area contributed by atoms with Crippen LogP contribution in [0.5, 0.6) is 0 Å². The molecule has 4 aromatic rings. The summed E-state index contributed by atoms with van der Waals surface area (Å²) >= 11 is 11.8. The van der Waals surface area contributed by atoms with Gasteiger partial charge in [0.05, 0.1) is 6.54 Å². The zero-order valence-corrected chi connectivity index (χ0v) is 16.0. The van der Waals surface area contributed by atoms with Gasteiger partial charge in [-0.05, 0) is 29.2 Å². The van der Waals surface area contributed by atoms with Gasteiger partial charge < -0.3 is 10.6 Å². The third kappa shape index (κ3) is 4.10. The van der Waals surface area contributed by atoms with Gasteiger partial charge in [0.15, 0.2) is 10.9 Å². The van der Waals surface area contributed by atoms with Gasteiger partial charge in [0.1, 0.15) is 5.02 Å². The van der Waals surface area contributed by atoms with Gasteiger partial charge in [-0.2, -0.15) is 5.10 Å². The number of aromatic nitrogens is 2. The van der Waals surface area contributed by atoms with E-state index in [9.17, 15) is 0 Å². The molecule has 0 saturated carbocycles. The van der Waals surface area contributed by atoms with Crippen molar-refractivity contribution in [1.82, 2.24) is 9.78 Å². The Morgan fingerprint density at radius 1 is 0.926 bits per heavy atom. The molecule has 4 rings (SSSR count). The largest absolute Gasteiger partial charge is 0.332 e. The maximum atomic E-state index is 6.32. The summed E-state index contributed by atoms with van der Waals surface area (Å²) in [6.45, 7) is 0.645. The lowest BCUT2D eigenvalue weighted by Gasteiger charge is -2.11. The number of thiocarbonyl (C=S) groups is 1. The Hall–Kier alpha value is -2.89. The highest BCUT2D eigenvalue weighted by Crippen LogP contribution is 2.24. The van der Waals surface area contributed by atoms with Crippen molar-refractivity contribution < 1.29 is 0 Å². The highest BCUT2D eigenvalue weighted by atomic mass is 35.5. The van der Waals surface area contributed by atoms with E-state index in [4.69, 9.17) is 23.8 Å². The monoisotopic (exact) mass is 392 g/mol. The van der Waals surface area contributed by atoms with E-state index in [2.05, 4.69) is 46.1 Å². The van der Waals surface area contributed by atoms with E-state index in [1.165, 1.54) is 0 Å². The van der Waals surface area contributed by atoms with Crippen molar-refractivity contribution in [3.63, 3.8) is 0 Å². The van der Waals surface area contributed by atoms with Crippen LogP contribution in [0, 0.1) is 0 Å². The Morgan fingerprint density at radius 2 is 1.67 bits per heavy atom. The first-order chi connectivity index (χ1) is 13.2. The summed E-state index contributed by atoms with van der Waals surface area (Å²) in [6.07, 6.45) is 1.79. The van der Waals surface area contributed by atoms with Crippen LogP contribution < -0.4 is 10.6 Å². The molecular formula is C21H17ClN4S. The molecule has 6 heteroatoms. The van der Waals surface area contributed by atoms with Crippen LogP contribution >= 0.6 is 23.8 Å². The quantitative estimate of drug-likeness (QED) is 0.447. The number of hydrogen-bond acceptors (Lipinski definition) is 2. The minimum absolute atomic E-state index is 0.443. The van der Waals surface area contributed by atoms with E-state index in [1.54, 1.807) is 10.9 Å². The second-order valence-corrected chi connectivity index (χ2v) is 6.93. The van der Waals surface area contributed by atoms with Gasteiger partial charge in [0, 0.05) is 17.3 Å². The lowest BCUT2D eigenvalue weighted by atomic mass is 10.1. The SMILES string of the molecule is S=C(Nc1nn(Cc2ccccc2)cc1Cl)Nc1cccc2ccccc12. The topological polar surface area (TPSA) is 41.9 Å². The number of halogens is 1. The van der Waals surface area contributed by atoms with Crippen LogP contribution in [-0.2, 0) is 6.54 Å². The van der Waals surface area contributed by atoms with Gasteiger partial charge in [-0.25, -0.2) is 0 Å². The summed E-state index contributed by atoms with van der Waals surface area (Å²) in [6, 6.07) is 24.3. The van der Waals surface area contributed by atoms with Crippen molar-refractivity contribution in [1.29, 1.82) is 0 Å². The summed E-state index contributed by atoms with van der Waals surface area (Å²) in [4.78, 5) is 0. The fourth-order valence-electron chi connectivity index (χ4n) is 2.93. The fourth-order valence-corrected chi connectivity index (χ4v) is 3.33. The van der Waals surface area contributed by atoms with Crippen molar-refractivity contribution in [3.05, 3.63) is 89.6 Å². The molecular weight excluding hydrogens is 376 g/mol. The molecule has 0 aliphatic rings. The Balaban J connectivity index is 1.48. The highest BCUT2D eigenvalue weighted by Gasteiger charge is 2.10.